The zero-order valence-corrected chi connectivity index (χ0v) is 12.3. The molecule has 0 atom stereocenters. The smallest absolute Gasteiger partial charge is 0.244 e. The number of halogens is 1. The summed E-state index contributed by atoms with van der Waals surface area (Å²) >= 11 is 3.37. The van der Waals surface area contributed by atoms with Crippen LogP contribution in [0.4, 0.5) is 0 Å². The third-order valence-corrected chi connectivity index (χ3v) is 4.06. The highest BCUT2D eigenvalue weighted by Crippen LogP contribution is 2.47. The van der Waals surface area contributed by atoms with Crippen LogP contribution in [0.2, 0.25) is 0 Å². The van der Waals surface area contributed by atoms with Gasteiger partial charge in [-0.15, -0.1) is 0 Å². The van der Waals surface area contributed by atoms with Gasteiger partial charge in [0.1, 0.15) is 0 Å². The second kappa shape index (κ2) is 6.35. The van der Waals surface area contributed by atoms with E-state index in [9.17, 15) is 4.79 Å². The number of carbonyl (C=O) groups excluding carboxylic acids is 1. The Morgan fingerprint density at radius 2 is 2.05 bits per heavy atom. The van der Waals surface area contributed by atoms with Crippen molar-refractivity contribution in [3.8, 4) is 0 Å². The number of aliphatic hydroxyl groups is 1. The summed E-state index contributed by atoms with van der Waals surface area (Å²) in [7, 11) is 0. The normalized spacial score (nSPS) is 16.5. The maximum absolute atomic E-state index is 11.7. The molecule has 1 aliphatic carbocycles. The molecule has 1 fully saturated rings. The van der Waals surface area contributed by atoms with Crippen LogP contribution in [0.1, 0.15) is 24.8 Å². The van der Waals surface area contributed by atoms with Gasteiger partial charge in [0, 0.05) is 23.7 Å². The van der Waals surface area contributed by atoms with Crippen molar-refractivity contribution in [1.82, 2.24) is 5.32 Å². The fourth-order valence-electron chi connectivity index (χ4n) is 2.01. The van der Waals surface area contributed by atoms with Gasteiger partial charge in [-0.25, -0.2) is 0 Å². The molecular weight excluding hydrogens is 306 g/mol. The van der Waals surface area contributed by atoms with Gasteiger partial charge in [-0.05, 0) is 48.4 Å². The Kier molecular flexibility index (Phi) is 4.77. The number of hydrogen-bond donors (Lipinski definition) is 2. The number of carbonyl (C=O) groups is 1. The highest BCUT2D eigenvalue weighted by molar-refractivity contribution is 9.10. The van der Waals surface area contributed by atoms with Crippen molar-refractivity contribution in [2.24, 2.45) is 5.41 Å². The number of amides is 1. The Hall–Kier alpha value is -1.13. The maximum atomic E-state index is 11.7. The van der Waals surface area contributed by atoms with Crippen LogP contribution in [0.25, 0.3) is 6.08 Å². The van der Waals surface area contributed by atoms with E-state index >= 15 is 0 Å². The molecule has 0 aromatic heterocycles. The van der Waals surface area contributed by atoms with Crippen molar-refractivity contribution in [3.05, 3.63) is 40.4 Å². The Labute approximate surface area is 121 Å². The molecule has 3 nitrogen and oxygen atoms in total. The Morgan fingerprint density at radius 3 is 2.63 bits per heavy atom. The molecule has 0 heterocycles. The van der Waals surface area contributed by atoms with E-state index in [-0.39, 0.29) is 17.9 Å². The van der Waals surface area contributed by atoms with E-state index < -0.39 is 0 Å². The Morgan fingerprint density at radius 1 is 1.37 bits per heavy atom. The molecule has 1 amide bonds. The lowest BCUT2D eigenvalue weighted by atomic mass is 10.0. The van der Waals surface area contributed by atoms with Crippen molar-refractivity contribution in [3.63, 3.8) is 0 Å². The van der Waals surface area contributed by atoms with E-state index in [4.69, 9.17) is 5.11 Å². The monoisotopic (exact) mass is 323 g/mol. The van der Waals surface area contributed by atoms with Gasteiger partial charge in [0.15, 0.2) is 0 Å². The highest BCUT2D eigenvalue weighted by Gasteiger charge is 2.41. The third kappa shape index (κ3) is 4.48. The Bertz CT molecular complexity index is 464. The van der Waals surface area contributed by atoms with Gasteiger partial charge in [-0.1, -0.05) is 28.1 Å². The fourth-order valence-corrected chi connectivity index (χ4v) is 2.27. The van der Waals surface area contributed by atoms with E-state index in [0.29, 0.717) is 6.54 Å². The molecule has 102 valence electrons. The lowest BCUT2D eigenvalue weighted by Gasteiger charge is -2.13. The Balaban J connectivity index is 1.79. The van der Waals surface area contributed by atoms with Gasteiger partial charge >= 0.3 is 0 Å². The first-order chi connectivity index (χ1) is 9.13. The van der Waals surface area contributed by atoms with E-state index in [2.05, 4.69) is 21.2 Å². The van der Waals surface area contributed by atoms with E-state index in [0.717, 1.165) is 29.3 Å². The second-order valence-corrected chi connectivity index (χ2v) is 5.99. The van der Waals surface area contributed by atoms with E-state index in [1.807, 2.05) is 24.3 Å². The molecule has 0 spiro atoms. The number of hydrogen-bond acceptors (Lipinski definition) is 2. The summed E-state index contributed by atoms with van der Waals surface area (Å²) in [5.41, 5.74) is 1.16. The molecule has 0 bridgehead atoms. The van der Waals surface area contributed by atoms with Crippen LogP contribution < -0.4 is 5.32 Å². The lowest BCUT2D eigenvalue weighted by molar-refractivity contribution is -0.116. The van der Waals surface area contributed by atoms with Crippen molar-refractivity contribution < 1.29 is 9.90 Å². The number of nitrogens with one attached hydrogen (secondary N) is 1. The highest BCUT2D eigenvalue weighted by atomic mass is 79.9. The van der Waals surface area contributed by atoms with Gasteiger partial charge in [-0.3, -0.25) is 4.79 Å². The summed E-state index contributed by atoms with van der Waals surface area (Å²) in [5, 5.41) is 11.9. The van der Waals surface area contributed by atoms with Gasteiger partial charge in [0.2, 0.25) is 5.91 Å². The van der Waals surface area contributed by atoms with Crippen LogP contribution in [0.3, 0.4) is 0 Å². The largest absolute Gasteiger partial charge is 0.396 e. The minimum atomic E-state index is -0.0767. The SMILES string of the molecule is O=C(/C=C/c1ccc(Br)cc1)NCC1(CCO)CC1. The van der Waals surface area contributed by atoms with Crippen molar-refractivity contribution in [1.29, 1.82) is 0 Å². The van der Waals surface area contributed by atoms with E-state index in [1.165, 1.54) is 0 Å². The molecule has 1 aromatic carbocycles. The number of benzene rings is 1. The molecule has 0 aliphatic heterocycles. The molecule has 0 unspecified atom stereocenters. The molecule has 4 heteroatoms. The zero-order chi connectivity index (χ0) is 13.7. The third-order valence-electron chi connectivity index (χ3n) is 3.53. The molecule has 2 N–H and O–H groups in total. The molecule has 0 radical (unpaired) electrons. The first-order valence-corrected chi connectivity index (χ1v) is 7.25. The molecule has 19 heavy (non-hydrogen) atoms. The summed E-state index contributed by atoms with van der Waals surface area (Å²) in [6.45, 7) is 0.863. The number of aliphatic hydroxyl groups excluding tert-OH is 1. The summed E-state index contributed by atoms with van der Waals surface area (Å²) in [5.74, 6) is -0.0767. The second-order valence-electron chi connectivity index (χ2n) is 5.08. The minimum Gasteiger partial charge on any atom is -0.396 e. The van der Waals surface area contributed by atoms with Gasteiger partial charge in [-0.2, -0.15) is 0 Å². The van der Waals surface area contributed by atoms with Gasteiger partial charge in [0.25, 0.3) is 0 Å². The number of rotatable bonds is 6. The molecule has 0 saturated heterocycles. The van der Waals surface area contributed by atoms with Crippen LogP contribution in [0.15, 0.2) is 34.8 Å². The topological polar surface area (TPSA) is 49.3 Å². The quantitative estimate of drug-likeness (QED) is 0.791. The van der Waals surface area contributed by atoms with Crippen LogP contribution in [0.5, 0.6) is 0 Å². The van der Waals surface area contributed by atoms with Crippen LogP contribution >= 0.6 is 15.9 Å². The predicted molar refractivity (Wildman–Crippen MR) is 79.6 cm³/mol. The van der Waals surface area contributed by atoms with Crippen LogP contribution in [-0.4, -0.2) is 24.2 Å². The zero-order valence-electron chi connectivity index (χ0n) is 10.7. The fraction of sp³-hybridized carbons (Fsp3) is 0.400. The van der Waals surface area contributed by atoms with Crippen molar-refractivity contribution >= 4 is 27.9 Å². The molecular formula is C15H18BrNO2. The summed E-state index contributed by atoms with van der Waals surface area (Å²) < 4.78 is 1.02. The average Bonchev–Trinajstić information content (AvgIpc) is 3.17. The predicted octanol–water partition coefficient (Wildman–Crippen LogP) is 2.74. The maximum Gasteiger partial charge on any atom is 0.244 e. The first-order valence-electron chi connectivity index (χ1n) is 6.46. The van der Waals surface area contributed by atoms with Crippen molar-refractivity contribution in [2.75, 3.05) is 13.2 Å². The van der Waals surface area contributed by atoms with Gasteiger partial charge < -0.3 is 10.4 Å². The standard InChI is InChI=1S/C15H18BrNO2/c16-13-4-1-12(2-5-13)3-6-14(19)17-11-15(7-8-15)9-10-18/h1-6,18H,7-11H2,(H,17,19)/b6-3+. The minimum absolute atomic E-state index is 0.0767. The lowest BCUT2D eigenvalue weighted by Crippen LogP contribution is -2.29. The van der Waals surface area contributed by atoms with Crippen LogP contribution in [-0.2, 0) is 4.79 Å². The summed E-state index contributed by atoms with van der Waals surface area (Å²) in [6, 6.07) is 7.78. The average molecular weight is 324 g/mol. The molecule has 1 aromatic rings. The van der Waals surface area contributed by atoms with Crippen LogP contribution in [0, 0.1) is 5.41 Å². The van der Waals surface area contributed by atoms with Gasteiger partial charge in [0.05, 0.1) is 0 Å². The van der Waals surface area contributed by atoms with Crippen molar-refractivity contribution in [2.45, 2.75) is 19.3 Å². The summed E-state index contributed by atoms with van der Waals surface area (Å²) in [6.07, 6.45) is 6.34. The molecule has 2 rings (SSSR count). The summed E-state index contributed by atoms with van der Waals surface area (Å²) in [4.78, 5) is 11.7. The molecule has 1 saturated carbocycles. The first kappa shape index (κ1) is 14.3. The van der Waals surface area contributed by atoms with E-state index in [1.54, 1.807) is 12.2 Å². The molecule has 1 aliphatic rings.